The summed E-state index contributed by atoms with van der Waals surface area (Å²) in [5, 5.41) is 9.92. The van der Waals surface area contributed by atoms with Crippen molar-refractivity contribution in [1.82, 2.24) is 5.32 Å². The largest absolute Gasteiger partial charge is 0.393 e. The average Bonchev–Trinajstić information content (AvgIpc) is 1.83. The van der Waals surface area contributed by atoms with Gasteiger partial charge in [0.1, 0.15) is 0 Å². The van der Waals surface area contributed by atoms with Crippen LogP contribution in [0.25, 0.3) is 0 Å². The molecule has 2 N–H and O–H groups in total. The molecule has 0 spiro atoms. The molecule has 0 aliphatic rings. The number of rotatable bonds is 3. The monoisotopic (exact) mass is 181 g/mol. The summed E-state index contributed by atoms with van der Waals surface area (Å²) in [5.74, 6) is 0. The predicted octanol–water partition coefficient (Wildman–Crippen LogP) is 0.908. The Bertz CT molecular complexity index is 122. The first-order chi connectivity index (χ1) is 4.77. The molecule has 0 aromatic heterocycles. The third-order valence-electron chi connectivity index (χ3n) is 1.18. The molecule has 0 radical (unpaired) electrons. The molecular formula is C7H17FNOP. The highest BCUT2D eigenvalue weighted by atomic mass is 31.0. The van der Waals surface area contributed by atoms with Gasteiger partial charge in [-0.05, 0) is 20.8 Å². The van der Waals surface area contributed by atoms with Gasteiger partial charge in [0.15, 0.2) is 5.41 Å². The second-order valence-corrected chi connectivity index (χ2v) is 4.83. The molecule has 2 nitrogen and oxygen atoms in total. The van der Waals surface area contributed by atoms with Crippen molar-refractivity contribution in [2.45, 2.75) is 31.7 Å². The topological polar surface area (TPSA) is 32.3 Å². The molecule has 0 fully saturated rings. The quantitative estimate of drug-likeness (QED) is 0.634. The Balaban J connectivity index is 3.70. The number of nitrogens with one attached hydrogen (secondary N) is 1. The van der Waals surface area contributed by atoms with E-state index in [1.807, 2.05) is 30.0 Å². The Morgan fingerprint density at radius 1 is 1.45 bits per heavy atom. The van der Waals surface area contributed by atoms with E-state index < -0.39 is 12.0 Å². The van der Waals surface area contributed by atoms with Crippen LogP contribution in [0.5, 0.6) is 0 Å². The highest BCUT2D eigenvalue weighted by Gasteiger charge is 2.24. The molecule has 2 unspecified atom stereocenters. The molecule has 0 saturated heterocycles. The van der Waals surface area contributed by atoms with Crippen molar-refractivity contribution in [3.63, 3.8) is 0 Å². The number of alkyl halides is 1. The van der Waals surface area contributed by atoms with Gasteiger partial charge < -0.3 is 10.4 Å². The summed E-state index contributed by atoms with van der Waals surface area (Å²) in [6.45, 7) is 5.53. The minimum atomic E-state index is -1.59. The van der Waals surface area contributed by atoms with Crippen molar-refractivity contribution >= 4 is 9.24 Å². The second-order valence-electron chi connectivity index (χ2n) is 3.80. The third-order valence-corrected chi connectivity index (χ3v) is 1.56. The Hall–Kier alpha value is 0.280. The lowest BCUT2D eigenvalue weighted by Gasteiger charge is -2.25. The van der Waals surface area contributed by atoms with E-state index in [9.17, 15) is 4.39 Å². The van der Waals surface area contributed by atoms with Crippen molar-refractivity contribution in [1.29, 1.82) is 0 Å². The van der Waals surface area contributed by atoms with Crippen LogP contribution in [0.4, 0.5) is 4.39 Å². The molecule has 0 bridgehead atoms. The Labute approximate surface area is 69.8 Å². The average molecular weight is 181 g/mol. The summed E-state index contributed by atoms with van der Waals surface area (Å²) in [5.41, 5.74) is -0.108. The lowest BCUT2D eigenvalue weighted by molar-refractivity contribution is 0.140. The molecule has 0 rings (SSSR count). The van der Waals surface area contributed by atoms with Crippen LogP contribution < -0.4 is 5.32 Å². The molecular weight excluding hydrogens is 164 g/mol. The summed E-state index contributed by atoms with van der Waals surface area (Å²) in [4.78, 5) is 0. The lowest BCUT2D eigenvalue weighted by atomic mass is 10.1. The van der Waals surface area contributed by atoms with Crippen LogP contribution in [-0.2, 0) is 0 Å². The highest BCUT2D eigenvalue weighted by molar-refractivity contribution is 7.18. The van der Waals surface area contributed by atoms with Crippen LogP contribution in [0.2, 0.25) is 0 Å². The van der Waals surface area contributed by atoms with Crippen LogP contribution in [0.1, 0.15) is 20.8 Å². The first-order valence-corrected chi connectivity index (χ1v) is 4.18. The number of aliphatic hydroxyl groups is 1. The summed E-state index contributed by atoms with van der Waals surface area (Å²) in [6.07, 6.45) is 0. The van der Waals surface area contributed by atoms with E-state index in [2.05, 4.69) is 5.32 Å². The SMILES string of the molecule is CC(C)(C)NCC(F)(P)CO. The number of halogens is 1. The smallest absolute Gasteiger partial charge is 0.158 e. The maximum atomic E-state index is 13.0. The second kappa shape index (κ2) is 3.79. The van der Waals surface area contributed by atoms with Crippen LogP contribution in [0.15, 0.2) is 0 Å². The van der Waals surface area contributed by atoms with Gasteiger partial charge in [-0.25, -0.2) is 4.39 Å². The zero-order chi connectivity index (χ0) is 9.12. The van der Waals surface area contributed by atoms with Crippen molar-refractivity contribution in [3.8, 4) is 0 Å². The molecule has 0 heterocycles. The van der Waals surface area contributed by atoms with Gasteiger partial charge in [0, 0.05) is 12.1 Å². The molecule has 0 saturated carbocycles. The van der Waals surface area contributed by atoms with Crippen molar-refractivity contribution < 1.29 is 9.50 Å². The molecule has 2 atom stereocenters. The molecule has 11 heavy (non-hydrogen) atoms. The van der Waals surface area contributed by atoms with Gasteiger partial charge in [0.2, 0.25) is 0 Å². The van der Waals surface area contributed by atoms with E-state index in [4.69, 9.17) is 5.11 Å². The fourth-order valence-corrected chi connectivity index (χ4v) is 0.570. The standard InChI is InChI=1S/C7H17FNOP/c1-6(2,3)9-4-7(8,11)5-10/h9-10H,4-5,11H2,1-3H3. The van der Waals surface area contributed by atoms with Crippen molar-refractivity contribution in [2.75, 3.05) is 13.2 Å². The van der Waals surface area contributed by atoms with Gasteiger partial charge in [-0.3, -0.25) is 0 Å². The van der Waals surface area contributed by atoms with Crippen LogP contribution >= 0.6 is 9.24 Å². The highest BCUT2D eigenvalue weighted by Crippen LogP contribution is 2.18. The minimum absolute atomic E-state index is 0.108. The lowest BCUT2D eigenvalue weighted by Crippen LogP contribution is -2.44. The molecule has 0 aromatic rings. The van der Waals surface area contributed by atoms with E-state index in [-0.39, 0.29) is 12.1 Å². The molecule has 4 heteroatoms. The normalized spacial score (nSPS) is 18.0. The first-order valence-electron chi connectivity index (χ1n) is 3.60. The third kappa shape index (κ3) is 6.67. The Kier molecular flexibility index (Phi) is 3.89. The Morgan fingerprint density at radius 3 is 2.18 bits per heavy atom. The van der Waals surface area contributed by atoms with E-state index in [1.165, 1.54) is 0 Å². The van der Waals surface area contributed by atoms with E-state index in [0.717, 1.165) is 0 Å². The van der Waals surface area contributed by atoms with Crippen LogP contribution in [-0.4, -0.2) is 29.2 Å². The van der Waals surface area contributed by atoms with E-state index in [1.54, 1.807) is 0 Å². The maximum absolute atomic E-state index is 13.0. The number of hydrogen-bond donors (Lipinski definition) is 2. The molecule has 68 valence electrons. The van der Waals surface area contributed by atoms with E-state index in [0.29, 0.717) is 0 Å². The van der Waals surface area contributed by atoms with Gasteiger partial charge in [0.05, 0.1) is 6.61 Å². The molecule has 0 aliphatic heterocycles. The van der Waals surface area contributed by atoms with Gasteiger partial charge in [-0.2, -0.15) is 0 Å². The molecule has 0 amide bonds. The summed E-state index contributed by atoms with van der Waals surface area (Å²) >= 11 is 0. The van der Waals surface area contributed by atoms with Crippen LogP contribution in [0.3, 0.4) is 0 Å². The predicted molar refractivity (Wildman–Crippen MR) is 48.4 cm³/mol. The van der Waals surface area contributed by atoms with Crippen molar-refractivity contribution in [3.05, 3.63) is 0 Å². The zero-order valence-electron chi connectivity index (χ0n) is 7.32. The van der Waals surface area contributed by atoms with E-state index >= 15 is 0 Å². The van der Waals surface area contributed by atoms with Gasteiger partial charge in [0.25, 0.3) is 0 Å². The minimum Gasteiger partial charge on any atom is -0.393 e. The zero-order valence-corrected chi connectivity index (χ0v) is 8.47. The van der Waals surface area contributed by atoms with Gasteiger partial charge >= 0.3 is 0 Å². The Morgan fingerprint density at radius 2 is 1.91 bits per heavy atom. The molecule has 0 aliphatic carbocycles. The number of hydrogen-bond acceptors (Lipinski definition) is 2. The molecule has 0 aromatic carbocycles. The first kappa shape index (κ1) is 11.3. The maximum Gasteiger partial charge on any atom is 0.158 e. The van der Waals surface area contributed by atoms with Gasteiger partial charge in [-0.1, -0.05) is 9.24 Å². The number of aliphatic hydroxyl groups excluding tert-OH is 1. The fraction of sp³-hybridized carbons (Fsp3) is 1.00. The summed E-state index contributed by atoms with van der Waals surface area (Å²) < 4.78 is 13.0. The summed E-state index contributed by atoms with van der Waals surface area (Å²) in [6, 6.07) is 0. The summed E-state index contributed by atoms with van der Waals surface area (Å²) in [7, 11) is 1.99. The van der Waals surface area contributed by atoms with Crippen LogP contribution in [0, 0.1) is 0 Å². The van der Waals surface area contributed by atoms with Gasteiger partial charge in [-0.15, -0.1) is 0 Å². The van der Waals surface area contributed by atoms with Crippen molar-refractivity contribution in [2.24, 2.45) is 0 Å². The fourth-order valence-electron chi connectivity index (χ4n) is 0.468.